The predicted molar refractivity (Wildman–Crippen MR) is 89.6 cm³/mol. The maximum atomic E-state index is 11.8. The van der Waals surface area contributed by atoms with Crippen LogP contribution in [0.4, 0.5) is 11.4 Å². The van der Waals surface area contributed by atoms with Crippen LogP contribution in [0.5, 0.6) is 0 Å². The number of hydrogen-bond acceptors (Lipinski definition) is 2. The summed E-state index contributed by atoms with van der Waals surface area (Å²) in [5.41, 5.74) is 1.98. The summed E-state index contributed by atoms with van der Waals surface area (Å²) in [6.07, 6.45) is 6.45. The highest BCUT2D eigenvalue weighted by Gasteiger charge is 2.16. The van der Waals surface area contributed by atoms with Gasteiger partial charge in [0.2, 0.25) is 5.91 Å². The van der Waals surface area contributed by atoms with Crippen molar-refractivity contribution >= 4 is 17.3 Å². The van der Waals surface area contributed by atoms with Crippen LogP contribution in [0.1, 0.15) is 52.9 Å². The van der Waals surface area contributed by atoms with Crippen LogP contribution in [-0.2, 0) is 4.79 Å². The first-order valence-corrected chi connectivity index (χ1v) is 8.22. The average Bonchev–Trinajstić information content (AvgIpc) is 2.64. The van der Waals surface area contributed by atoms with Crippen LogP contribution in [0.3, 0.4) is 0 Å². The third kappa shape index (κ3) is 5.07. The van der Waals surface area contributed by atoms with Crippen molar-refractivity contribution in [1.82, 2.24) is 0 Å². The highest BCUT2D eigenvalue weighted by atomic mass is 16.1. The zero-order valence-electron chi connectivity index (χ0n) is 13.5. The smallest absolute Gasteiger partial charge is 0.226 e. The minimum absolute atomic E-state index is 0.00459. The minimum atomic E-state index is 0.00459. The molecule has 1 aromatic rings. The normalized spacial score (nSPS) is 22.7. The zero-order valence-corrected chi connectivity index (χ0v) is 13.5. The van der Waals surface area contributed by atoms with E-state index in [-0.39, 0.29) is 11.8 Å². The van der Waals surface area contributed by atoms with Crippen LogP contribution >= 0.6 is 0 Å². The highest BCUT2D eigenvalue weighted by molar-refractivity contribution is 5.92. The number of rotatable bonds is 4. The molecule has 1 aliphatic carbocycles. The summed E-state index contributed by atoms with van der Waals surface area (Å²) in [7, 11) is 0. The van der Waals surface area contributed by atoms with Crippen LogP contribution in [0.25, 0.3) is 0 Å². The van der Waals surface area contributed by atoms with E-state index in [4.69, 9.17) is 0 Å². The number of carbonyl (C=O) groups excluding carboxylic acids is 1. The monoisotopic (exact) mass is 288 g/mol. The second-order valence-corrected chi connectivity index (χ2v) is 6.68. The third-order valence-corrected chi connectivity index (χ3v) is 4.28. The van der Waals surface area contributed by atoms with Crippen molar-refractivity contribution in [2.45, 2.75) is 58.9 Å². The van der Waals surface area contributed by atoms with E-state index < -0.39 is 0 Å². The number of anilines is 2. The van der Waals surface area contributed by atoms with Crippen molar-refractivity contribution in [3.8, 4) is 0 Å². The molecule has 3 nitrogen and oxygen atoms in total. The molecule has 1 fully saturated rings. The lowest BCUT2D eigenvalue weighted by Gasteiger charge is -2.18. The molecule has 0 aromatic heterocycles. The lowest BCUT2D eigenvalue weighted by atomic mass is 10.0. The first kappa shape index (κ1) is 15.9. The molecule has 3 heteroatoms. The van der Waals surface area contributed by atoms with E-state index >= 15 is 0 Å². The number of carbonyl (C=O) groups is 1. The number of nitrogens with one attached hydrogen (secondary N) is 2. The molecule has 0 radical (unpaired) electrons. The summed E-state index contributed by atoms with van der Waals surface area (Å²) in [5.74, 6) is 0.925. The first-order valence-electron chi connectivity index (χ1n) is 8.22. The van der Waals surface area contributed by atoms with E-state index in [1.165, 1.54) is 32.1 Å². The number of hydrogen-bond donors (Lipinski definition) is 2. The van der Waals surface area contributed by atoms with Crippen LogP contribution < -0.4 is 10.6 Å². The molecule has 21 heavy (non-hydrogen) atoms. The van der Waals surface area contributed by atoms with Crippen molar-refractivity contribution in [3.05, 3.63) is 24.3 Å². The van der Waals surface area contributed by atoms with Gasteiger partial charge in [-0.3, -0.25) is 4.79 Å². The SMILES string of the molecule is CC1CCCC(Nc2cccc(NC(=O)C(C)C)c2)CC1. The van der Waals surface area contributed by atoms with Crippen molar-refractivity contribution in [1.29, 1.82) is 0 Å². The van der Waals surface area contributed by atoms with Crippen LogP contribution in [-0.4, -0.2) is 11.9 Å². The van der Waals surface area contributed by atoms with Gasteiger partial charge in [0.05, 0.1) is 0 Å². The van der Waals surface area contributed by atoms with Crippen LogP contribution in [0.15, 0.2) is 24.3 Å². The third-order valence-electron chi connectivity index (χ3n) is 4.28. The fourth-order valence-electron chi connectivity index (χ4n) is 2.84. The molecule has 0 bridgehead atoms. The van der Waals surface area contributed by atoms with E-state index in [1.54, 1.807) is 0 Å². The van der Waals surface area contributed by atoms with Crippen molar-refractivity contribution in [3.63, 3.8) is 0 Å². The van der Waals surface area contributed by atoms with Gasteiger partial charge in [0.1, 0.15) is 0 Å². The van der Waals surface area contributed by atoms with Gasteiger partial charge in [-0.15, -0.1) is 0 Å². The summed E-state index contributed by atoms with van der Waals surface area (Å²) >= 11 is 0. The summed E-state index contributed by atoms with van der Waals surface area (Å²) in [6.45, 7) is 6.17. The summed E-state index contributed by atoms with van der Waals surface area (Å²) in [6, 6.07) is 8.62. The quantitative estimate of drug-likeness (QED) is 0.791. The van der Waals surface area contributed by atoms with Gasteiger partial charge < -0.3 is 10.6 Å². The van der Waals surface area contributed by atoms with E-state index in [0.717, 1.165) is 17.3 Å². The Hall–Kier alpha value is -1.51. The highest BCUT2D eigenvalue weighted by Crippen LogP contribution is 2.26. The van der Waals surface area contributed by atoms with E-state index in [2.05, 4.69) is 23.6 Å². The van der Waals surface area contributed by atoms with Gasteiger partial charge >= 0.3 is 0 Å². The topological polar surface area (TPSA) is 41.1 Å². The van der Waals surface area contributed by atoms with Crippen LogP contribution in [0.2, 0.25) is 0 Å². The Labute approximate surface area is 128 Å². The molecule has 0 aliphatic heterocycles. The molecule has 2 atom stereocenters. The molecule has 1 aliphatic rings. The Morgan fingerprint density at radius 2 is 1.90 bits per heavy atom. The largest absolute Gasteiger partial charge is 0.382 e. The predicted octanol–water partition coefficient (Wildman–Crippen LogP) is 4.66. The van der Waals surface area contributed by atoms with Crippen molar-refractivity contribution < 1.29 is 4.79 Å². The molecule has 2 N–H and O–H groups in total. The van der Waals surface area contributed by atoms with E-state index in [0.29, 0.717) is 6.04 Å². The Bertz CT molecular complexity index is 470. The van der Waals surface area contributed by atoms with Gasteiger partial charge in [0.25, 0.3) is 0 Å². The fourth-order valence-corrected chi connectivity index (χ4v) is 2.84. The Balaban J connectivity index is 1.95. The zero-order chi connectivity index (χ0) is 15.2. The van der Waals surface area contributed by atoms with Gasteiger partial charge in [-0.05, 0) is 43.4 Å². The van der Waals surface area contributed by atoms with Gasteiger partial charge in [0.15, 0.2) is 0 Å². The minimum Gasteiger partial charge on any atom is -0.382 e. The summed E-state index contributed by atoms with van der Waals surface area (Å²) < 4.78 is 0. The summed E-state index contributed by atoms with van der Waals surface area (Å²) in [4.78, 5) is 11.8. The maximum Gasteiger partial charge on any atom is 0.226 e. The molecule has 1 aromatic carbocycles. The second-order valence-electron chi connectivity index (χ2n) is 6.68. The Morgan fingerprint density at radius 1 is 1.14 bits per heavy atom. The lowest BCUT2D eigenvalue weighted by molar-refractivity contribution is -0.118. The first-order chi connectivity index (χ1) is 10.0. The molecule has 0 spiro atoms. The van der Waals surface area contributed by atoms with E-state index in [9.17, 15) is 4.79 Å². The molecule has 0 heterocycles. The van der Waals surface area contributed by atoms with E-state index in [1.807, 2.05) is 32.0 Å². The average molecular weight is 288 g/mol. The fraction of sp³-hybridized carbons (Fsp3) is 0.611. The maximum absolute atomic E-state index is 11.8. The lowest BCUT2D eigenvalue weighted by Crippen LogP contribution is -2.19. The Kier molecular flexibility index (Phi) is 5.66. The van der Waals surface area contributed by atoms with Gasteiger partial charge in [0, 0.05) is 23.3 Å². The second kappa shape index (κ2) is 7.48. The molecule has 1 amide bonds. The summed E-state index contributed by atoms with van der Waals surface area (Å²) in [5, 5.41) is 6.59. The Morgan fingerprint density at radius 3 is 2.67 bits per heavy atom. The molecule has 0 saturated heterocycles. The van der Waals surface area contributed by atoms with Crippen molar-refractivity contribution in [2.24, 2.45) is 11.8 Å². The van der Waals surface area contributed by atoms with Gasteiger partial charge in [-0.25, -0.2) is 0 Å². The molecular formula is C18H28N2O. The molecule has 2 unspecified atom stereocenters. The molecule has 116 valence electrons. The molecule has 1 saturated carbocycles. The molecular weight excluding hydrogens is 260 g/mol. The number of benzene rings is 1. The van der Waals surface area contributed by atoms with Crippen molar-refractivity contribution in [2.75, 3.05) is 10.6 Å². The molecule has 2 rings (SSSR count). The number of amides is 1. The van der Waals surface area contributed by atoms with Gasteiger partial charge in [-0.2, -0.15) is 0 Å². The van der Waals surface area contributed by atoms with Gasteiger partial charge in [-0.1, -0.05) is 39.7 Å². The van der Waals surface area contributed by atoms with Crippen LogP contribution in [0, 0.1) is 11.8 Å². The standard InChI is InChI=1S/C18H28N2O/c1-13(2)18(21)20-17-9-5-8-16(12-17)19-15-7-4-6-14(3)10-11-15/h5,8-9,12-15,19H,4,6-7,10-11H2,1-3H3,(H,20,21).